The molecule has 0 radical (unpaired) electrons. The lowest BCUT2D eigenvalue weighted by atomic mass is 10.0. The fraction of sp³-hybridized carbons (Fsp3) is 0.800. The third-order valence-corrected chi connectivity index (χ3v) is 2.57. The molecule has 0 bridgehead atoms. The van der Waals surface area contributed by atoms with Crippen LogP contribution < -0.4 is 11.1 Å². The van der Waals surface area contributed by atoms with Crippen molar-refractivity contribution < 1.29 is 9.59 Å². The van der Waals surface area contributed by atoms with Crippen LogP contribution in [0.1, 0.15) is 19.8 Å². The normalized spacial score (nSPS) is 15.8. The zero-order valence-corrected chi connectivity index (χ0v) is 9.16. The van der Waals surface area contributed by atoms with E-state index in [4.69, 9.17) is 5.73 Å². The van der Waals surface area contributed by atoms with E-state index in [1.807, 2.05) is 0 Å². The van der Waals surface area contributed by atoms with Crippen molar-refractivity contribution in [3.8, 4) is 0 Å². The molecule has 5 nitrogen and oxygen atoms in total. The topological polar surface area (TPSA) is 75.4 Å². The molecule has 0 spiro atoms. The number of carbonyl (C=O) groups excluding carboxylic acids is 2. The summed E-state index contributed by atoms with van der Waals surface area (Å²) in [5, 5.41) is 3.04. The Hall–Kier alpha value is -1.10. The molecule has 86 valence electrons. The molecule has 0 saturated carbocycles. The molecular formula is C10H19N3O2. The van der Waals surface area contributed by atoms with Gasteiger partial charge in [-0.05, 0) is 6.42 Å². The van der Waals surface area contributed by atoms with Gasteiger partial charge in [0.1, 0.15) is 0 Å². The first-order valence-electron chi connectivity index (χ1n) is 5.43. The predicted octanol–water partition coefficient (Wildman–Crippen LogP) is -0.680. The van der Waals surface area contributed by atoms with Gasteiger partial charge in [-0.1, -0.05) is 13.3 Å². The Kier molecular flexibility index (Phi) is 4.55. The zero-order chi connectivity index (χ0) is 11.3. The van der Waals surface area contributed by atoms with E-state index in [9.17, 15) is 9.59 Å². The average Bonchev–Trinajstić information content (AvgIpc) is 2.08. The minimum atomic E-state index is -0.438. The SMILES string of the molecule is CCCCN(CC(N)=O)C(=O)C1CNC1. The highest BCUT2D eigenvalue weighted by Crippen LogP contribution is 2.09. The molecule has 0 aromatic carbocycles. The van der Waals surface area contributed by atoms with Crippen molar-refractivity contribution in [1.29, 1.82) is 0 Å². The number of carbonyl (C=O) groups is 2. The van der Waals surface area contributed by atoms with Crippen LogP contribution in [-0.2, 0) is 9.59 Å². The van der Waals surface area contributed by atoms with Crippen molar-refractivity contribution in [2.45, 2.75) is 19.8 Å². The van der Waals surface area contributed by atoms with E-state index in [1.54, 1.807) is 4.90 Å². The monoisotopic (exact) mass is 213 g/mol. The van der Waals surface area contributed by atoms with Gasteiger partial charge >= 0.3 is 0 Å². The van der Waals surface area contributed by atoms with Gasteiger partial charge in [-0.25, -0.2) is 0 Å². The van der Waals surface area contributed by atoms with Gasteiger partial charge in [-0.3, -0.25) is 9.59 Å². The first-order chi connectivity index (χ1) is 7.15. The fourth-order valence-corrected chi connectivity index (χ4v) is 1.53. The summed E-state index contributed by atoms with van der Waals surface area (Å²) in [6.07, 6.45) is 1.92. The Morgan fingerprint density at radius 3 is 2.53 bits per heavy atom. The van der Waals surface area contributed by atoms with Gasteiger partial charge in [-0.15, -0.1) is 0 Å². The van der Waals surface area contributed by atoms with Gasteiger partial charge in [0.15, 0.2) is 0 Å². The Bertz CT molecular complexity index is 239. The molecule has 1 aliphatic rings. The van der Waals surface area contributed by atoms with E-state index in [-0.39, 0.29) is 18.4 Å². The van der Waals surface area contributed by atoms with Gasteiger partial charge in [-0.2, -0.15) is 0 Å². The highest BCUT2D eigenvalue weighted by atomic mass is 16.2. The molecule has 0 aromatic heterocycles. The first-order valence-corrected chi connectivity index (χ1v) is 5.43. The largest absolute Gasteiger partial charge is 0.368 e. The van der Waals surface area contributed by atoms with Crippen LogP contribution in [0.3, 0.4) is 0 Å². The number of nitrogens with one attached hydrogen (secondary N) is 1. The highest BCUT2D eigenvalue weighted by molar-refractivity contribution is 5.85. The van der Waals surface area contributed by atoms with Crippen LogP contribution in [0, 0.1) is 5.92 Å². The molecule has 0 aromatic rings. The summed E-state index contributed by atoms with van der Waals surface area (Å²) in [5.74, 6) is -0.339. The standard InChI is InChI=1S/C10H19N3O2/c1-2-3-4-13(7-9(11)14)10(15)8-5-12-6-8/h8,12H,2-7H2,1H3,(H2,11,14). The maximum absolute atomic E-state index is 11.8. The quantitative estimate of drug-likeness (QED) is 0.614. The molecule has 1 fully saturated rings. The Morgan fingerprint density at radius 1 is 1.47 bits per heavy atom. The molecule has 1 heterocycles. The lowest BCUT2D eigenvalue weighted by Gasteiger charge is -2.31. The summed E-state index contributed by atoms with van der Waals surface area (Å²) in [5.41, 5.74) is 5.11. The molecule has 1 rings (SSSR count). The zero-order valence-electron chi connectivity index (χ0n) is 9.16. The molecule has 1 aliphatic heterocycles. The van der Waals surface area contributed by atoms with E-state index in [1.165, 1.54) is 0 Å². The Balaban J connectivity index is 2.45. The predicted molar refractivity (Wildman–Crippen MR) is 57.0 cm³/mol. The number of rotatable bonds is 6. The lowest BCUT2D eigenvalue weighted by Crippen LogP contribution is -2.53. The molecule has 0 atom stereocenters. The van der Waals surface area contributed by atoms with E-state index in [0.29, 0.717) is 6.54 Å². The van der Waals surface area contributed by atoms with Gasteiger partial charge in [0, 0.05) is 19.6 Å². The van der Waals surface area contributed by atoms with E-state index in [2.05, 4.69) is 12.2 Å². The Morgan fingerprint density at radius 2 is 2.13 bits per heavy atom. The second-order valence-electron chi connectivity index (χ2n) is 3.93. The summed E-state index contributed by atoms with van der Waals surface area (Å²) >= 11 is 0. The first kappa shape index (κ1) is 12.0. The third-order valence-electron chi connectivity index (χ3n) is 2.57. The third kappa shape index (κ3) is 3.51. The van der Waals surface area contributed by atoms with E-state index in [0.717, 1.165) is 25.9 Å². The summed E-state index contributed by atoms with van der Waals surface area (Å²) in [7, 11) is 0. The van der Waals surface area contributed by atoms with Crippen LogP contribution in [0.2, 0.25) is 0 Å². The molecule has 5 heteroatoms. The minimum absolute atomic E-state index is 0.0428. The molecule has 0 unspecified atom stereocenters. The summed E-state index contributed by atoms with van der Waals surface area (Å²) in [4.78, 5) is 24.2. The number of nitrogens with zero attached hydrogens (tertiary/aromatic N) is 1. The lowest BCUT2D eigenvalue weighted by molar-refractivity contribution is -0.140. The number of primary amides is 1. The van der Waals surface area contributed by atoms with Crippen molar-refractivity contribution in [1.82, 2.24) is 10.2 Å². The van der Waals surface area contributed by atoms with Crippen LogP contribution in [0.5, 0.6) is 0 Å². The van der Waals surface area contributed by atoms with Crippen molar-refractivity contribution in [3.63, 3.8) is 0 Å². The molecule has 15 heavy (non-hydrogen) atoms. The van der Waals surface area contributed by atoms with E-state index < -0.39 is 5.91 Å². The molecule has 2 amide bonds. The Labute approximate surface area is 90.0 Å². The van der Waals surface area contributed by atoms with Crippen molar-refractivity contribution in [2.75, 3.05) is 26.2 Å². The number of hydrogen-bond acceptors (Lipinski definition) is 3. The summed E-state index contributed by atoms with van der Waals surface area (Å²) in [6, 6.07) is 0. The number of hydrogen-bond donors (Lipinski definition) is 2. The maximum atomic E-state index is 11.8. The van der Waals surface area contributed by atoms with Crippen LogP contribution >= 0.6 is 0 Å². The average molecular weight is 213 g/mol. The minimum Gasteiger partial charge on any atom is -0.368 e. The van der Waals surface area contributed by atoms with Crippen LogP contribution in [0.25, 0.3) is 0 Å². The van der Waals surface area contributed by atoms with Crippen LogP contribution in [0.15, 0.2) is 0 Å². The van der Waals surface area contributed by atoms with Crippen LogP contribution in [-0.4, -0.2) is 42.9 Å². The van der Waals surface area contributed by atoms with Crippen molar-refractivity contribution in [2.24, 2.45) is 11.7 Å². The second-order valence-corrected chi connectivity index (χ2v) is 3.93. The highest BCUT2D eigenvalue weighted by Gasteiger charge is 2.29. The molecule has 3 N–H and O–H groups in total. The number of nitrogens with two attached hydrogens (primary N) is 1. The fourth-order valence-electron chi connectivity index (χ4n) is 1.53. The maximum Gasteiger partial charge on any atom is 0.237 e. The van der Waals surface area contributed by atoms with Gasteiger partial charge in [0.2, 0.25) is 11.8 Å². The summed E-state index contributed by atoms with van der Waals surface area (Å²) in [6.45, 7) is 4.18. The number of amides is 2. The van der Waals surface area contributed by atoms with Crippen LogP contribution in [0.4, 0.5) is 0 Å². The molecule has 1 saturated heterocycles. The summed E-state index contributed by atoms with van der Waals surface area (Å²) < 4.78 is 0. The van der Waals surface area contributed by atoms with E-state index >= 15 is 0 Å². The van der Waals surface area contributed by atoms with Gasteiger partial charge < -0.3 is 16.0 Å². The van der Waals surface area contributed by atoms with Crippen molar-refractivity contribution >= 4 is 11.8 Å². The molecular weight excluding hydrogens is 194 g/mol. The van der Waals surface area contributed by atoms with Gasteiger partial charge in [0.05, 0.1) is 12.5 Å². The number of unbranched alkanes of at least 4 members (excludes halogenated alkanes) is 1. The van der Waals surface area contributed by atoms with Gasteiger partial charge in [0.25, 0.3) is 0 Å². The second kappa shape index (κ2) is 5.70. The van der Waals surface area contributed by atoms with Crippen molar-refractivity contribution in [3.05, 3.63) is 0 Å². The smallest absolute Gasteiger partial charge is 0.237 e. The molecule has 0 aliphatic carbocycles.